The lowest BCUT2D eigenvalue weighted by Crippen LogP contribution is -2.49. The fourth-order valence-corrected chi connectivity index (χ4v) is 4.31. The average molecular weight is 491 g/mol. The number of benzene rings is 3. The van der Waals surface area contributed by atoms with Crippen LogP contribution in [0.1, 0.15) is 21.5 Å². The lowest BCUT2D eigenvalue weighted by molar-refractivity contribution is 0.0637. The van der Waals surface area contributed by atoms with Crippen LogP contribution in [0.2, 0.25) is 0 Å². The second-order valence-corrected chi connectivity index (χ2v) is 8.72. The first-order chi connectivity index (χ1) is 17.6. The molecule has 1 aliphatic heterocycles. The quantitative estimate of drug-likeness (QED) is 0.423. The van der Waals surface area contributed by atoms with Gasteiger partial charge in [0.1, 0.15) is 12.4 Å². The van der Waals surface area contributed by atoms with E-state index in [9.17, 15) is 4.79 Å². The van der Waals surface area contributed by atoms with Crippen LogP contribution in [0, 0.1) is 0 Å². The first-order valence-corrected chi connectivity index (χ1v) is 12.2. The van der Waals surface area contributed by atoms with Crippen LogP contribution in [-0.2, 0) is 13.0 Å². The summed E-state index contributed by atoms with van der Waals surface area (Å²) in [5, 5.41) is 0. The van der Waals surface area contributed by atoms with Crippen molar-refractivity contribution in [2.75, 3.05) is 54.1 Å². The molecule has 0 aliphatic carbocycles. The summed E-state index contributed by atoms with van der Waals surface area (Å²) in [4.78, 5) is 17.6. The Balaban J connectivity index is 1.36. The maximum atomic E-state index is 13.3. The van der Waals surface area contributed by atoms with Crippen LogP contribution in [0.15, 0.2) is 66.7 Å². The molecule has 0 radical (unpaired) electrons. The van der Waals surface area contributed by atoms with Gasteiger partial charge in [-0.3, -0.25) is 9.69 Å². The standard InChI is InChI=1S/C29H34N2O5/c1-33-25-11-9-22(10-12-25)13-14-30-15-17-31(18-16-30)29(32)24-19-26(34-2)28(27(20-24)35-3)36-21-23-7-5-4-6-8-23/h4-12,19-20H,13-18,21H2,1-3H3. The highest BCUT2D eigenvalue weighted by molar-refractivity contribution is 5.95. The molecule has 1 aliphatic rings. The van der Waals surface area contributed by atoms with Gasteiger partial charge in [0, 0.05) is 38.3 Å². The summed E-state index contributed by atoms with van der Waals surface area (Å²) in [6.07, 6.45) is 0.969. The molecule has 0 atom stereocenters. The minimum absolute atomic E-state index is 0.0315. The average Bonchev–Trinajstić information content (AvgIpc) is 2.95. The van der Waals surface area contributed by atoms with Gasteiger partial charge in [-0.15, -0.1) is 0 Å². The molecule has 0 saturated carbocycles. The number of methoxy groups -OCH3 is 3. The molecule has 0 spiro atoms. The maximum Gasteiger partial charge on any atom is 0.254 e. The fraction of sp³-hybridized carbons (Fsp3) is 0.345. The van der Waals surface area contributed by atoms with E-state index in [1.807, 2.05) is 47.4 Å². The third-order valence-corrected chi connectivity index (χ3v) is 6.47. The van der Waals surface area contributed by atoms with Gasteiger partial charge in [-0.25, -0.2) is 0 Å². The van der Waals surface area contributed by atoms with E-state index in [0.717, 1.165) is 37.4 Å². The van der Waals surface area contributed by atoms with Crippen LogP contribution < -0.4 is 18.9 Å². The van der Waals surface area contributed by atoms with E-state index < -0.39 is 0 Å². The Morgan fingerprint density at radius 3 is 2.00 bits per heavy atom. The van der Waals surface area contributed by atoms with E-state index in [0.29, 0.717) is 42.5 Å². The molecule has 7 heteroatoms. The molecule has 0 aromatic heterocycles. The van der Waals surface area contributed by atoms with Crippen molar-refractivity contribution in [3.05, 3.63) is 83.4 Å². The van der Waals surface area contributed by atoms with Crippen LogP contribution in [0.4, 0.5) is 0 Å². The van der Waals surface area contributed by atoms with Crippen molar-refractivity contribution in [2.24, 2.45) is 0 Å². The first kappa shape index (κ1) is 25.4. The van der Waals surface area contributed by atoms with Gasteiger partial charge in [-0.05, 0) is 41.8 Å². The molecule has 190 valence electrons. The van der Waals surface area contributed by atoms with Crippen molar-refractivity contribution in [3.63, 3.8) is 0 Å². The first-order valence-electron chi connectivity index (χ1n) is 12.2. The Morgan fingerprint density at radius 1 is 0.778 bits per heavy atom. The second-order valence-electron chi connectivity index (χ2n) is 8.72. The summed E-state index contributed by atoms with van der Waals surface area (Å²) in [6.45, 7) is 4.38. The molecule has 1 heterocycles. The summed E-state index contributed by atoms with van der Waals surface area (Å²) in [7, 11) is 4.82. The molecule has 4 rings (SSSR count). The van der Waals surface area contributed by atoms with E-state index in [4.69, 9.17) is 18.9 Å². The third-order valence-electron chi connectivity index (χ3n) is 6.47. The molecule has 1 amide bonds. The summed E-state index contributed by atoms with van der Waals surface area (Å²) < 4.78 is 22.4. The molecule has 36 heavy (non-hydrogen) atoms. The van der Waals surface area contributed by atoms with Gasteiger partial charge < -0.3 is 23.8 Å². The lowest BCUT2D eigenvalue weighted by atomic mass is 10.1. The van der Waals surface area contributed by atoms with Gasteiger partial charge in [-0.2, -0.15) is 0 Å². The van der Waals surface area contributed by atoms with Gasteiger partial charge >= 0.3 is 0 Å². The van der Waals surface area contributed by atoms with E-state index in [2.05, 4.69) is 17.0 Å². The molecule has 0 bridgehead atoms. The minimum atomic E-state index is -0.0315. The zero-order chi connectivity index (χ0) is 25.3. The molecular formula is C29H34N2O5. The molecule has 0 N–H and O–H groups in total. The Morgan fingerprint density at radius 2 is 1.42 bits per heavy atom. The van der Waals surface area contributed by atoms with Crippen molar-refractivity contribution in [1.82, 2.24) is 9.80 Å². The minimum Gasteiger partial charge on any atom is -0.497 e. The predicted molar refractivity (Wildman–Crippen MR) is 139 cm³/mol. The smallest absolute Gasteiger partial charge is 0.254 e. The number of rotatable bonds is 10. The highest BCUT2D eigenvalue weighted by atomic mass is 16.5. The van der Waals surface area contributed by atoms with E-state index in [-0.39, 0.29) is 5.91 Å². The number of carbonyl (C=O) groups excluding carboxylic acids is 1. The monoisotopic (exact) mass is 490 g/mol. The van der Waals surface area contributed by atoms with Crippen molar-refractivity contribution in [3.8, 4) is 23.0 Å². The summed E-state index contributed by atoms with van der Waals surface area (Å²) in [5.74, 6) is 2.29. The predicted octanol–water partition coefficient (Wildman–Crippen LogP) is 4.29. The third kappa shape index (κ3) is 6.29. The molecule has 3 aromatic carbocycles. The topological polar surface area (TPSA) is 60.5 Å². The van der Waals surface area contributed by atoms with Gasteiger partial charge in [0.25, 0.3) is 5.91 Å². The Hall–Kier alpha value is -3.71. The van der Waals surface area contributed by atoms with Gasteiger partial charge in [0.15, 0.2) is 11.5 Å². The summed E-state index contributed by atoms with van der Waals surface area (Å²) in [5.41, 5.74) is 2.84. The number of carbonyl (C=O) groups is 1. The number of piperazine rings is 1. The number of amides is 1. The van der Waals surface area contributed by atoms with Gasteiger partial charge in [-0.1, -0.05) is 42.5 Å². The number of hydrogen-bond acceptors (Lipinski definition) is 6. The molecular weight excluding hydrogens is 456 g/mol. The number of hydrogen-bond donors (Lipinski definition) is 0. The van der Waals surface area contributed by atoms with Crippen LogP contribution in [0.25, 0.3) is 0 Å². The molecule has 1 saturated heterocycles. The van der Waals surface area contributed by atoms with Crippen LogP contribution >= 0.6 is 0 Å². The van der Waals surface area contributed by atoms with Crippen molar-refractivity contribution in [1.29, 1.82) is 0 Å². The van der Waals surface area contributed by atoms with Gasteiger partial charge in [0.2, 0.25) is 5.75 Å². The number of nitrogens with zero attached hydrogens (tertiary/aromatic N) is 2. The molecule has 3 aromatic rings. The lowest BCUT2D eigenvalue weighted by Gasteiger charge is -2.35. The van der Waals surface area contributed by atoms with Crippen molar-refractivity contribution >= 4 is 5.91 Å². The highest BCUT2D eigenvalue weighted by Crippen LogP contribution is 2.39. The Labute approximate surface area is 213 Å². The van der Waals surface area contributed by atoms with Gasteiger partial charge in [0.05, 0.1) is 21.3 Å². The van der Waals surface area contributed by atoms with Crippen molar-refractivity contribution in [2.45, 2.75) is 13.0 Å². The molecule has 1 fully saturated rings. The summed E-state index contributed by atoms with van der Waals surface area (Å²) >= 11 is 0. The SMILES string of the molecule is COc1ccc(CCN2CCN(C(=O)c3cc(OC)c(OCc4ccccc4)c(OC)c3)CC2)cc1. The second kappa shape index (κ2) is 12.3. The van der Waals surface area contributed by atoms with Crippen LogP contribution in [-0.4, -0.2) is 69.8 Å². The normalized spacial score (nSPS) is 13.8. The largest absolute Gasteiger partial charge is 0.497 e. The van der Waals surface area contributed by atoms with Crippen molar-refractivity contribution < 1.29 is 23.7 Å². The van der Waals surface area contributed by atoms with Crippen LogP contribution in [0.3, 0.4) is 0 Å². The highest BCUT2D eigenvalue weighted by Gasteiger charge is 2.25. The summed E-state index contributed by atoms with van der Waals surface area (Å²) in [6, 6.07) is 21.6. The number of ether oxygens (including phenoxy) is 4. The molecule has 0 unspecified atom stereocenters. The Kier molecular flexibility index (Phi) is 8.68. The zero-order valence-corrected chi connectivity index (χ0v) is 21.2. The maximum absolute atomic E-state index is 13.3. The molecule has 7 nitrogen and oxygen atoms in total. The zero-order valence-electron chi connectivity index (χ0n) is 21.2. The van der Waals surface area contributed by atoms with E-state index in [1.165, 1.54) is 5.56 Å². The fourth-order valence-electron chi connectivity index (χ4n) is 4.31. The Bertz CT molecular complexity index is 1100. The van der Waals surface area contributed by atoms with E-state index >= 15 is 0 Å². The van der Waals surface area contributed by atoms with E-state index in [1.54, 1.807) is 33.5 Å². The van der Waals surface area contributed by atoms with Crippen LogP contribution in [0.5, 0.6) is 23.0 Å².